The van der Waals surface area contributed by atoms with Gasteiger partial charge in [0.25, 0.3) is 0 Å². The maximum Gasteiger partial charge on any atom is 0.133 e. The third-order valence-electron chi connectivity index (χ3n) is 3.88. The molecule has 3 nitrogen and oxygen atoms in total. The van der Waals surface area contributed by atoms with Crippen LogP contribution in [0.25, 0.3) is 5.69 Å². The fourth-order valence-corrected chi connectivity index (χ4v) is 2.81. The van der Waals surface area contributed by atoms with Crippen molar-refractivity contribution in [3.05, 3.63) is 41.6 Å². The lowest BCUT2D eigenvalue weighted by Gasteiger charge is -2.16. The number of nitrogens with one attached hydrogen (secondary N) is 1. The summed E-state index contributed by atoms with van der Waals surface area (Å²) in [7, 11) is 0. The van der Waals surface area contributed by atoms with Gasteiger partial charge in [0.15, 0.2) is 0 Å². The van der Waals surface area contributed by atoms with E-state index in [9.17, 15) is 0 Å². The maximum absolute atomic E-state index is 4.88. The van der Waals surface area contributed by atoms with Crippen molar-refractivity contribution >= 4 is 5.82 Å². The monoisotopic (exact) mass is 239 g/mol. The second-order valence-corrected chi connectivity index (χ2v) is 5.26. The van der Waals surface area contributed by atoms with Gasteiger partial charge in [0.1, 0.15) is 5.82 Å². The second kappa shape index (κ2) is 3.87. The Bertz CT molecular complexity index is 567. The van der Waals surface area contributed by atoms with Gasteiger partial charge in [-0.15, -0.1) is 0 Å². The molecule has 1 fully saturated rings. The summed E-state index contributed by atoms with van der Waals surface area (Å²) < 4.78 is 2.10. The van der Waals surface area contributed by atoms with Gasteiger partial charge in [-0.1, -0.05) is 18.2 Å². The molecule has 1 aromatic heterocycles. The van der Waals surface area contributed by atoms with Crippen LogP contribution in [0.1, 0.15) is 36.4 Å². The highest BCUT2D eigenvalue weighted by Gasteiger charge is 2.32. The van der Waals surface area contributed by atoms with E-state index in [2.05, 4.69) is 40.3 Å². The van der Waals surface area contributed by atoms with Crippen molar-refractivity contribution < 1.29 is 0 Å². The summed E-state index contributed by atoms with van der Waals surface area (Å²) in [5.74, 6) is 1.96. The first-order valence-corrected chi connectivity index (χ1v) is 6.84. The summed E-state index contributed by atoms with van der Waals surface area (Å²) >= 11 is 0. The summed E-state index contributed by atoms with van der Waals surface area (Å²) in [4.78, 5) is 0. The van der Waals surface area contributed by atoms with Gasteiger partial charge in [-0.3, -0.25) is 0 Å². The van der Waals surface area contributed by atoms with Crippen LogP contribution >= 0.6 is 0 Å². The van der Waals surface area contributed by atoms with Gasteiger partial charge >= 0.3 is 0 Å². The molecule has 0 spiro atoms. The topological polar surface area (TPSA) is 29.9 Å². The Morgan fingerprint density at radius 3 is 2.78 bits per heavy atom. The minimum absolute atomic E-state index is 0.726. The van der Waals surface area contributed by atoms with Crippen molar-refractivity contribution in [1.29, 1.82) is 0 Å². The smallest absolute Gasteiger partial charge is 0.133 e. The lowest BCUT2D eigenvalue weighted by molar-refractivity contribution is 0.805. The zero-order valence-corrected chi connectivity index (χ0v) is 10.4. The minimum Gasteiger partial charge on any atom is -0.370 e. The van der Waals surface area contributed by atoms with E-state index in [0.29, 0.717) is 0 Å². The van der Waals surface area contributed by atoms with Crippen LogP contribution in [-0.2, 0) is 6.42 Å². The molecule has 92 valence electrons. The van der Waals surface area contributed by atoms with Crippen LogP contribution in [0.3, 0.4) is 0 Å². The van der Waals surface area contributed by atoms with Crippen molar-refractivity contribution in [2.24, 2.45) is 0 Å². The van der Waals surface area contributed by atoms with Gasteiger partial charge in [-0.25, -0.2) is 4.68 Å². The Labute approximate surface area is 107 Å². The van der Waals surface area contributed by atoms with Gasteiger partial charge in [-0.2, -0.15) is 5.10 Å². The summed E-state index contributed by atoms with van der Waals surface area (Å²) in [6.45, 7) is 1.07. The van der Waals surface area contributed by atoms with Crippen LogP contribution in [-0.4, -0.2) is 16.3 Å². The van der Waals surface area contributed by atoms with Crippen molar-refractivity contribution in [2.75, 3.05) is 11.9 Å². The van der Waals surface area contributed by atoms with Crippen LogP contribution in [0, 0.1) is 0 Å². The van der Waals surface area contributed by atoms with E-state index in [0.717, 1.165) is 18.2 Å². The van der Waals surface area contributed by atoms with Crippen molar-refractivity contribution in [3.8, 4) is 5.69 Å². The fourth-order valence-electron chi connectivity index (χ4n) is 2.81. The molecule has 3 heteroatoms. The van der Waals surface area contributed by atoms with Gasteiger partial charge in [0, 0.05) is 18.0 Å². The van der Waals surface area contributed by atoms with E-state index in [1.807, 2.05) is 0 Å². The molecule has 2 heterocycles. The van der Waals surface area contributed by atoms with Crippen LogP contribution in [0.4, 0.5) is 5.82 Å². The van der Waals surface area contributed by atoms with Crippen LogP contribution < -0.4 is 5.32 Å². The Balaban J connectivity index is 1.87. The molecular formula is C15H17N3. The van der Waals surface area contributed by atoms with Crippen molar-refractivity contribution in [3.63, 3.8) is 0 Å². The summed E-state index contributed by atoms with van der Waals surface area (Å²) in [5, 5.41) is 8.41. The normalized spacial score (nSPS) is 18.2. The number of benzene rings is 1. The number of hydrogen-bond donors (Lipinski definition) is 1. The van der Waals surface area contributed by atoms with Crippen molar-refractivity contribution in [1.82, 2.24) is 9.78 Å². The molecule has 0 saturated heterocycles. The minimum atomic E-state index is 0.726. The summed E-state index contributed by atoms with van der Waals surface area (Å²) in [5.41, 5.74) is 3.98. The average molecular weight is 239 g/mol. The Kier molecular flexibility index (Phi) is 2.19. The summed E-state index contributed by atoms with van der Waals surface area (Å²) in [6, 6.07) is 10.4. The second-order valence-electron chi connectivity index (χ2n) is 5.26. The maximum atomic E-state index is 4.88. The average Bonchev–Trinajstić information content (AvgIpc) is 3.21. The Hall–Kier alpha value is -1.77. The number of hydrogen-bond acceptors (Lipinski definition) is 2. The number of aromatic nitrogens is 2. The molecule has 1 N–H and O–H groups in total. The lowest BCUT2D eigenvalue weighted by Crippen LogP contribution is -2.14. The first-order chi connectivity index (χ1) is 8.93. The molecule has 2 aromatic rings. The zero-order chi connectivity index (χ0) is 11.9. The van der Waals surface area contributed by atoms with E-state index in [1.165, 1.54) is 42.8 Å². The highest BCUT2D eigenvalue weighted by atomic mass is 15.3. The third kappa shape index (κ3) is 1.54. The third-order valence-corrected chi connectivity index (χ3v) is 3.88. The molecular weight excluding hydrogens is 222 g/mol. The molecule has 2 aliphatic rings. The lowest BCUT2D eigenvalue weighted by atomic mass is 10.0. The number of rotatable bonds is 2. The first kappa shape index (κ1) is 10.2. The number of anilines is 1. The molecule has 0 bridgehead atoms. The number of fused-ring (bicyclic) bond motifs is 1. The first-order valence-electron chi connectivity index (χ1n) is 6.84. The zero-order valence-electron chi connectivity index (χ0n) is 10.4. The molecule has 1 saturated carbocycles. The molecule has 1 aliphatic heterocycles. The molecule has 4 rings (SSSR count). The largest absolute Gasteiger partial charge is 0.370 e. The summed E-state index contributed by atoms with van der Waals surface area (Å²) in [6.07, 6.45) is 5.05. The van der Waals surface area contributed by atoms with Crippen LogP contribution in [0.5, 0.6) is 0 Å². The Morgan fingerprint density at radius 2 is 2.00 bits per heavy atom. The molecule has 0 unspecified atom stereocenters. The molecule has 1 aromatic carbocycles. The van der Waals surface area contributed by atoms with E-state index in [-0.39, 0.29) is 0 Å². The van der Waals surface area contributed by atoms with E-state index >= 15 is 0 Å². The predicted octanol–water partition coefficient (Wildman–Crippen LogP) is 3.11. The van der Waals surface area contributed by atoms with E-state index in [1.54, 1.807) is 0 Å². The molecule has 0 radical (unpaired) electrons. The van der Waals surface area contributed by atoms with E-state index in [4.69, 9.17) is 5.10 Å². The molecule has 0 atom stereocenters. The van der Waals surface area contributed by atoms with Gasteiger partial charge in [0.05, 0.1) is 11.4 Å². The number of nitrogens with zero attached hydrogens (tertiary/aromatic N) is 2. The standard InChI is InChI=1S/C15H17N3/c1-2-5-12(6-3-1)18-15-13(7-4-10-16-15)14(17-18)11-8-9-11/h1-3,5-6,11,16H,4,7-10H2. The quantitative estimate of drug-likeness (QED) is 0.872. The Morgan fingerprint density at radius 1 is 1.17 bits per heavy atom. The van der Waals surface area contributed by atoms with Gasteiger partial charge in [0.2, 0.25) is 0 Å². The van der Waals surface area contributed by atoms with Crippen LogP contribution in [0.15, 0.2) is 30.3 Å². The van der Waals surface area contributed by atoms with Gasteiger partial charge in [-0.05, 0) is 37.8 Å². The molecule has 0 amide bonds. The molecule has 1 aliphatic carbocycles. The molecule has 18 heavy (non-hydrogen) atoms. The number of para-hydroxylation sites is 1. The SMILES string of the molecule is c1ccc(-n2nc(C3CC3)c3c2NCCC3)cc1. The van der Waals surface area contributed by atoms with Crippen molar-refractivity contribution in [2.45, 2.75) is 31.6 Å². The van der Waals surface area contributed by atoms with Gasteiger partial charge < -0.3 is 5.32 Å². The van der Waals surface area contributed by atoms with E-state index < -0.39 is 0 Å². The highest BCUT2D eigenvalue weighted by molar-refractivity contribution is 5.56. The fraction of sp³-hybridized carbons (Fsp3) is 0.400. The van der Waals surface area contributed by atoms with Crippen LogP contribution in [0.2, 0.25) is 0 Å². The highest BCUT2D eigenvalue weighted by Crippen LogP contribution is 2.44. The predicted molar refractivity (Wildman–Crippen MR) is 72.3 cm³/mol.